The maximum Gasteiger partial charge on any atom is 0.0739 e. The Morgan fingerprint density at radius 3 is 1.46 bits per heavy atom. The summed E-state index contributed by atoms with van der Waals surface area (Å²) in [6.45, 7) is 3.39. The highest BCUT2D eigenvalue weighted by Crippen LogP contribution is 2.08. The van der Waals surface area contributed by atoms with E-state index < -0.39 is 0 Å². The zero-order valence-electron chi connectivity index (χ0n) is 9.19. The molecule has 0 aliphatic carbocycles. The Balaban J connectivity index is 0. The lowest BCUT2D eigenvalue weighted by atomic mass is 10.1. The van der Waals surface area contributed by atoms with Crippen molar-refractivity contribution in [2.24, 2.45) is 0 Å². The van der Waals surface area contributed by atoms with Crippen molar-refractivity contribution in [2.45, 2.75) is 64.7 Å². The van der Waals surface area contributed by atoms with Gasteiger partial charge in [-0.3, -0.25) is 0 Å². The third-order valence-corrected chi connectivity index (χ3v) is 2.35. The zero-order valence-corrected chi connectivity index (χ0v) is 10.0. The topological polar surface area (TPSA) is 27.6 Å². The quantitative estimate of drug-likeness (QED) is 0.564. The van der Waals surface area contributed by atoms with E-state index in [2.05, 4.69) is 12.7 Å². The molecule has 0 aromatic rings. The van der Waals surface area contributed by atoms with Crippen molar-refractivity contribution in [3.63, 3.8) is 0 Å². The minimum absolute atomic E-state index is 0. The Hall–Kier alpha value is 0.250. The van der Waals surface area contributed by atoms with Gasteiger partial charge in [-0.15, -0.1) is 12.4 Å². The first kappa shape index (κ1) is 15.7. The predicted molar refractivity (Wildman–Crippen MR) is 62.2 cm³/mol. The van der Waals surface area contributed by atoms with Crippen molar-refractivity contribution in [1.82, 2.24) is 0 Å². The van der Waals surface area contributed by atoms with E-state index >= 15 is 0 Å². The maximum atomic E-state index is 3.84. The van der Waals surface area contributed by atoms with Crippen molar-refractivity contribution in [3.8, 4) is 0 Å². The fraction of sp³-hybridized carbons (Fsp3) is 1.00. The molecule has 0 spiro atoms. The first-order valence-electron chi connectivity index (χ1n) is 5.71. The second-order valence-electron chi connectivity index (χ2n) is 3.68. The molecule has 1 nitrogen and oxygen atoms in total. The Bertz CT molecular complexity index is 66.5. The summed E-state index contributed by atoms with van der Waals surface area (Å²) >= 11 is 0. The van der Waals surface area contributed by atoms with E-state index in [1.165, 1.54) is 57.8 Å². The molecule has 0 fully saturated rings. The molecule has 0 heterocycles. The first-order valence-corrected chi connectivity index (χ1v) is 5.71. The minimum atomic E-state index is 0. The molecule has 82 valence electrons. The maximum absolute atomic E-state index is 3.84. The van der Waals surface area contributed by atoms with Crippen LogP contribution in [0.15, 0.2) is 0 Å². The normalized spacial score (nSPS) is 9.69. The summed E-state index contributed by atoms with van der Waals surface area (Å²) in [6.07, 6.45) is 12.8. The monoisotopic (exact) mass is 208 g/mol. The Morgan fingerprint density at radius 1 is 0.692 bits per heavy atom. The SMILES string of the molecule is CCCCCCCCCCC[NH3+].Cl. The highest BCUT2D eigenvalue weighted by molar-refractivity contribution is 5.85. The molecular weight excluding hydrogens is 182 g/mol. The number of hydrogen-bond donors (Lipinski definition) is 1. The van der Waals surface area contributed by atoms with E-state index in [1.54, 1.807) is 0 Å². The fourth-order valence-corrected chi connectivity index (χ4v) is 1.49. The molecular formula is C11H27ClN+. The second-order valence-corrected chi connectivity index (χ2v) is 3.68. The summed E-state index contributed by atoms with van der Waals surface area (Å²) in [5.41, 5.74) is 3.84. The molecule has 0 unspecified atom stereocenters. The molecule has 0 bridgehead atoms. The fourth-order valence-electron chi connectivity index (χ4n) is 1.49. The lowest BCUT2D eigenvalue weighted by molar-refractivity contribution is -0.368. The largest absolute Gasteiger partial charge is 0.358 e. The van der Waals surface area contributed by atoms with Crippen LogP contribution in [-0.2, 0) is 0 Å². The highest BCUT2D eigenvalue weighted by Gasteiger charge is 1.90. The molecule has 13 heavy (non-hydrogen) atoms. The van der Waals surface area contributed by atoms with E-state index in [-0.39, 0.29) is 12.4 Å². The van der Waals surface area contributed by atoms with Gasteiger partial charge in [0.2, 0.25) is 0 Å². The van der Waals surface area contributed by atoms with Crippen molar-refractivity contribution in [1.29, 1.82) is 0 Å². The molecule has 0 saturated heterocycles. The molecule has 0 saturated carbocycles. The van der Waals surface area contributed by atoms with Crippen molar-refractivity contribution >= 4 is 12.4 Å². The van der Waals surface area contributed by atoms with Crippen LogP contribution < -0.4 is 5.73 Å². The third kappa shape index (κ3) is 15.0. The van der Waals surface area contributed by atoms with Crippen molar-refractivity contribution < 1.29 is 5.73 Å². The molecule has 0 rings (SSSR count). The molecule has 0 atom stereocenters. The molecule has 0 radical (unpaired) electrons. The van der Waals surface area contributed by atoms with Crippen molar-refractivity contribution in [3.05, 3.63) is 0 Å². The van der Waals surface area contributed by atoms with Gasteiger partial charge >= 0.3 is 0 Å². The van der Waals surface area contributed by atoms with Crippen LogP contribution in [0.1, 0.15) is 64.7 Å². The van der Waals surface area contributed by atoms with Crippen LogP contribution in [0.5, 0.6) is 0 Å². The minimum Gasteiger partial charge on any atom is -0.358 e. The summed E-state index contributed by atoms with van der Waals surface area (Å²) in [4.78, 5) is 0. The Kier molecular flexibility index (Phi) is 17.8. The van der Waals surface area contributed by atoms with Gasteiger partial charge in [-0.1, -0.05) is 51.9 Å². The van der Waals surface area contributed by atoms with Gasteiger partial charge in [-0.05, 0) is 12.8 Å². The highest BCUT2D eigenvalue weighted by atomic mass is 35.5. The number of halogens is 1. The van der Waals surface area contributed by atoms with Gasteiger partial charge in [0.25, 0.3) is 0 Å². The average Bonchev–Trinajstić information content (AvgIpc) is 2.10. The smallest absolute Gasteiger partial charge is 0.0739 e. The molecule has 2 heteroatoms. The van der Waals surface area contributed by atoms with Crippen LogP contribution in [0.25, 0.3) is 0 Å². The van der Waals surface area contributed by atoms with E-state index in [9.17, 15) is 0 Å². The lowest BCUT2D eigenvalue weighted by Crippen LogP contribution is -2.50. The average molecular weight is 209 g/mol. The van der Waals surface area contributed by atoms with Crippen LogP contribution in [0.4, 0.5) is 0 Å². The number of unbranched alkanes of at least 4 members (excludes halogenated alkanes) is 8. The Labute approximate surface area is 89.9 Å². The molecule has 0 aromatic carbocycles. The van der Waals surface area contributed by atoms with Crippen LogP contribution in [-0.4, -0.2) is 6.54 Å². The number of quaternary nitrogens is 1. The van der Waals surface area contributed by atoms with E-state index in [1.807, 2.05) is 0 Å². The molecule has 0 amide bonds. The van der Waals surface area contributed by atoms with Gasteiger partial charge in [-0.25, -0.2) is 0 Å². The number of hydrogen-bond acceptors (Lipinski definition) is 0. The van der Waals surface area contributed by atoms with Crippen LogP contribution in [0, 0.1) is 0 Å². The molecule has 0 aliphatic rings. The Morgan fingerprint density at radius 2 is 1.08 bits per heavy atom. The van der Waals surface area contributed by atoms with Crippen LogP contribution >= 0.6 is 12.4 Å². The standard InChI is InChI=1S/C11H25N.ClH/c1-2-3-4-5-6-7-8-9-10-11-12;/h2-12H2,1H3;1H/p+1. The first-order chi connectivity index (χ1) is 5.91. The van der Waals surface area contributed by atoms with E-state index in [4.69, 9.17) is 0 Å². The summed E-state index contributed by atoms with van der Waals surface area (Å²) in [5, 5.41) is 0. The molecule has 3 N–H and O–H groups in total. The van der Waals surface area contributed by atoms with Gasteiger partial charge in [0, 0.05) is 0 Å². The van der Waals surface area contributed by atoms with Crippen LogP contribution in [0.2, 0.25) is 0 Å². The van der Waals surface area contributed by atoms with Gasteiger partial charge in [0.1, 0.15) is 0 Å². The van der Waals surface area contributed by atoms with Gasteiger partial charge in [0.05, 0.1) is 6.54 Å². The van der Waals surface area contributed by atoms with Crippen LogP contribution in [0.3, 0.4) is 0 Å². The van der Waals surface area contributed by atoms with Crippen molar-refractivity contribution in [2.75, 3.05) is 6.54 Å². The summed E-state index contributed by atoms with van der Waals surface area (Å²) in [7, 11) is 0. The van der Waals surface area contributed by atoms with Gasteiger partial charge in [-0.2, -0.15) is 0 Å². The third-order valence-electron chi connectivity index (χ3n) is 2.35. The molecule has 0 aromatic heterocycles. The number of rotatable bonds is 9. The zero-order chi connectivity index (χ0) is 9.07. The summed E-state index contributed by atoms with van der Waals surface area (Å²) in [5.74, 6) is 0. The predicted octanol–water partition coefficient (Wildman–Crippen LogP) is 3.18. The summed E-state index contributed by atoms with van der Waals surface area (Å²) < 4.78 is 0. The lowest BCUT2D eigenvalue weighted by Gasteiger charge is -1.99. The van der Waals surface area contributed by atoms with E-state index in [0.29, 0.717) is 0 Å². The summed E-state index contributed by atoms with van der Waals surface area (Å²) in [6, 6.07) is 0. The molecule has 0 aliphatic heterocycles. The van der Waals surface area contributed by atoms with Gasteiger partial charge < -0.3 is 5.73 Å². The second kappa shape index (κ2) is 14.8. The van der Waals surface area contributed by atoms with E-state index in [0.717, 1.165) is 6.54 Å². The van der Waals surface area contributed by atoms with Gasteiger partial charge in [0.15, 0.2) is 0 Å².